The quantitative estimate of drug-likeness (QED) is 0.476. The van der Waals surface area contributed by atoms with E-state index in [0.29, 0.717) is 48.8 Å². The number of carbonyl (C=O) groups is 1. The van der Waals surface area contributed by atoms with Crippen molar-refractivity contribution in [3.05, 3.63) is 66.1 Å². The van der Waals surface area contributed by atoms with Gasteiger partial charge in [0.25, 0.3) is 12.3 Å². The number of aromatic amines is 1. The van der Waals surface area contributed by atoms with Crippen molar-refractivity contribution in [1.29, 1.82) is 0 Å². The predicted octanol–water partition coefficient (Wildman–Crippen LogP) is 4.05. The van der Waals surface area contributed by atoms with Gasteiger partial charge in [0.2, 0.25) is 0 Å². The first-order valence-electron chi connectivity index (χ1n) is 10.4. The molecule has 10 heteroatoms. The van der Waals surface area contributed by atoms with E-state index in [1.54, 1.807) is 36.5 Å². The van der Waals surface area contributed by atoms with E-state index in [2.05, 4.69) is 25.3 Å². The van der Waals surface area contributed by atoms with E-state index in [4.69, 9.17) is 4.74 Å². The second-order valence-corrected chi connectivity index (χ2v) is 7.51. The summed E-state index contributed by atoms with van der Waals surface area (Å²) in [5, 5.41) is 2.69. The molecule has 33 heavy (non-hydrogen) atoms. The van der Waals surface area contributed by atoms with Gasteiger partial charge in [-0.25, -0.2) is 18.7 Å². The largest absolute Gasteiger partial charge is 0.378 e. The Bertz CT molecular complexity index is 1290. The molecule has 4 aromatic rings. The Morgan fingerprint density at radius 1 is 1.15 bits per heavy atom. The van der Waals surface area contributed by atoms with E-state index in [0.717, 1.165) is 0 Å². The fourth-order valence-electron chi connectivity index (χ4n) is 3.81. The van der Waals surface area contributed by atoms with Crippen LogP contribution in [0, 0.1) is 0 Å². The lowest BCUT2D eigenvalue weighted by molar-refractivity contribution is 0.102. The van der Waals surface area contributed by atoms with Crippen LogP contribution in [-0.2, 0) is 4.74 Å². The number of benzene rings is 1. The fraction of sp³-hybridized carbons (Fsp3) is 0.217. The number of aromatic nitrogens is 4. The third-order valence-corrected chi connectivity index (χ3v) is 5.45. The number of halogens is 2. The molecule has 168 valence electrons. The summed E-state index contributed by atoms with van der Waals surface area (Å²) in [5.74, 6) is 0.185. The Hall–Kier alpha value is -3.92. The molecule has 5 rings (SSSR count). The summed E-state index contributed by atoms with van der Waals surface area (Å²) in [7, 11) is 0. The van der Waals surface area contributed by atoms with Crippen molar-refractivity contribution in [3.8, 4) is 11.4 Å². The minimum absolute atomic E-state index is 0.134. The SMILES string of the molecule is O=C(Nc1ccccn1)c1cncc2[nH]c(-c3ccc(N4CCOCC4)cc3C(F)F)nc12. The number of alkyl halides is 2. The van der Waals surface area contributed by atoms with Crippen molar-refractivity contribution in [1.82, 2.24) is 19.9 Å². The minimum Gasteiger partial charge on any atom is -0.378 e. The van der Waals surface area contributed by atoms with Crippen molar-refractivity contribution in [2.24, 2.45) is 0 Å². The normalized spacial score (nSPS) is 14.1. The maximum absolute atomic E-state index is 14.0. The van der Waals surface area contributed by atoms with Crippen LogP contribution in [-0.4, -0.2) is 52.1 Å². The van der Waals surface area contributed by atoms with Crippen LogP contribution in [0.3, 0.4) is 0 Å². The van der Waals surface area contributed by atoms with Gasteiger partial charge in [-0.15, -0.1) is 0 Å². The smallest absolute Gasteiger partial charge is 0.264 e. The number of hydrogen-bond donors (Lipinski definition) is 2. The van der Waals surface area contributed by atoms with Crippen LogP contribution >= 0.6 is 0 Å². The molecular weight excluding hydrogens is 430 g/mol. The van der Waals surface area contributed by atoms with Gasteiger partial charge in [0.1, 0.15) is 17.2 Å². The van der Waals surface area contributed by atoms with Gasteiger partial charge in [-0.3, -0.25) is 9.78 Å². The van der Waals surface area contributed by atoms with Crippen LogP contribution in [0.25, 0.3) is 22.4 Å². The van der Waals surface area contributed by atoms with E-state index < -0.39 is 12.3 Å². The molecule has 0 radical (unpaired) electrons. The van der Waals surface area contributed by atoms with E-state index in [9.17, 15) is 13.6 Å². The Morgan fingerprint density at radius 2 is 2.00 bits per heavy atom. The second-order valence-electron chi connectivity index (χ2n) is 7.51. The molecule has 0 bridgehead atoms. The van der Waals surface area contributed by atoms with Crippen LogP contribution in [0.5, 0.6) is 0 Å². The second kappa shape index (κ2) is 8.91. The van der Waals surface area contributed by atoms with Gasteiger partial charge in [0.15, 0.2) is 0 Å². The number of hydrogen-bond acceptors (Lipinski definition) is 6. The molecule has 0 aliphatic carbocycles. The molecule has 0 unspecified atom stereocenters. The molecule has 1 saturated heterocycles. The number of nitrogens with one attached hydrogen (secondary N) is 2. The number of carbonyl (C=O) groups excluding carboxylic acids is 1. The fourth-order valence-corrected chi connectivity index (χ4v) is 3.81. The Labute approximate surface area is 187 Å². The summed E-state index contributed by atoms with van der Waals surface area (Å²) in [6.45, 7) is 2.41. The van der Waals surface area contributed by atoms with E-state index in [1.165, 1.54) is 18.5 Å². The number of pyridine rings is 2. The standard InChI is InChI=1S/C23H20F2N6O2/c24-21(25)16-11-14(31-7-9-33-10-8-31)4-5-15(16)22-28-18-13-26-12-17(20(18)30-22)23(32)29-19-3-1-2-6-27-19/h1-6,11-13,21H,7-10H2,(H,28,30)(H,27,29,32). The number of H-pyrrole nitrogens is 1. The lowest BCUT2D eigenvalue weighted by Crippen LogP contribution is -2.36. The number of fused-ring (bicyclic) bond motifs is 1. The molecule has 3 aromatic heterocycles. The number of amides is 1. The van der Waals surface area contributed by atoms with Gasteiger partial charge in [-0.2, -0.15) is 0 Å². The topological polar surface area (TPSA) is 96.0 Å². The van der Waals surface area contributed by atoms with Crippen LogP contribution in [0.15, 0.2) is 55.0 Å². The van der Waals surface area contributed by atoms with E-state index >= 15 is 0 Å². The maximum Gasteiger partial charge on any atom is 0.264 e. The first-order valence-corrected chi connectivity index (χ1v) is 10.4. The van der Waals surface area contributed by atoms with Crippen LogP contribution in [0.4, 0.5) is 20.3 Å². The Kier molecular flexibility index (Phi) is 5.66. The summed E-state index contributed by atoms with van der Waals surface area (Å²) in [4.78, 5) is 30.5. The number of nitrogens with zero attached hydrogens (tertiary/aromatic N) is 4. The first kappa shape index (κ1) is 21.0. The predicted molar refractivity (Wildman–Crippen MR) is 120 cm³/mol. The lowest BCUT2D eigenvalue weighted by atomic mass is 10.1. The average Bonchev–Trinajstić information content (AvgIpc) is 3.29. The van der Waals surface area contributed by atoms with Gasteiger partial charge in [-0.05, 0) is 30.3 Å². The van der Waals surface area contributed by atoms with Crippen LogP contribution in [0.2, 0.25) is 0 Å². The molecule has 1 aromatic carbocycles. The summed E-state index contributed by atoms with van der Waals surface area (Å²) in [6, 6.07) is 10.1. The molecule has 1 amide bonds. The van der Waals surface area contributed by atoms with Crippen LogP contribution < -0.4 is 10.2 Å². The lowest BCUT2D eigenvalue weighted by Gasteiger charge is -2.29. The Morgan fingerprint density at radius 3 is 2.76 bits per heavy atom. The number of anilines is 2. The molecule has 2 N–H and O–H groups in total. The third kappa shape index (κ3) is 4.24. The van der Waals surface area contributed by atoms with Gasteiger partial charge in [0.05, 0.1) is 30.5 Å². The van der Waals surface area contributed by atoms with Gasteiger partial charge >= 0.3 is 0 Å². The van der Waals surface area contributed by atoms with Gasteiger partial charge in [0, 0.05) is 42.3 Å². The maximum atomic E-state index is 14.0. The molecule has 0 saturated carbocycles. The van der Waals surface area contributed by atoms with E-state index in [1.807, 2.05) is 4.90 Å². The zero-order valence-electron chi connectivity index (χ0n) is 17.5. The van der Waals surface area contributed by atoms with Crippen molar-refractivity contribution >= 4 is 28.4 Å². The summed E-state index contributed by atoms with van der Waals surface area (Å²) < 4.78 is 33.3. The number of ether oxygens (including phenoxy) is 1. The molecule has 4 heterocycles. The van der Waals surface area contributed by atoms with Gasteiger partial charge < -0.3 is 19.9 Å². The first-order chi connectivity index (χ1) is 16.1. The van der Waals surface area contributed by atoms with E-state index in [-0.39, 0.29) is 22.5 Å². The minimum atomic E-state index is -2.70. The summed E-state index contributed by atoms with van der Waals surface area (Å²) >= 11 is 0. The number of imidazole rings is 1. The van der Waals surface area contributed by atoms with Crippen molar-refractivity contribution in [2.45, 2.75) is 6.43 Å². The van der Waals surface area contributed by atoms with Crippen molar-refractivity contribution in [3.63, 3.8) is 0 Å². The highest BCUT2D eigenvalue weighted by molar-refractivity contribution is 6.11. The van der Waals surface area contributed by atoms with Gasteiger partial charge in [-0.1, -0.05) is 6.07 Å². The van der Waals surface area contributed by atoms with Crippen molar-refractivity contribution in [2.75, 3.05) is 36.5 Å². The number of morpholine rings is 1. The number of rotatable bonds is 5. The molecular formula is C23H20F2N6O2. The molecule has 1 aliphatic heterocycles. The Balaban J connectivity index is 1.51. The van der Waals surface area contributed by atoms with Crippen LogP contribution in [0.1, 0.15) is 22.3 Å². The summed E-state index contributed by atoms with van der Waals surface area (Å²) in [6.07, 6.45) is 1.77. The zero-order chi connectivity index (χ0) is 22.8. The highest BCUT2D eigenvalue weighted by Gasteiger charge is 2.22. The molecule has 8 nitrogen and oxygen atoms in total. The summed E-state index contributed by atoms with van der Waals surface area (Å²) in [5.41, 5.74) is 1.87. The zero-order valence-corrected chi connectivity index (χ0v) is 17.5. The average molecular weight is 450 g/mol. The van der Waals surface area contributed by atoms with Crippen molar-refractivity contribution < 1.29 is 18.3 Å². The highest BCUT2D eigenvalue weighted by Crippen LogP contribution is 2.34. The third-order valence-electron chi connectivity index (χ3n) is 5.45. The molecule has 1 aliphatic rings. The highest BCUT2D eigenvalue weighted by atomic mass is 19.3. The monoisotopic (exact) mass is 450 g/mol. The molecule has 0 spiro atoms. The molecule has 0 atom stereocenters. The molecule has 1 fully saturated rings.